The van der Waals surface area contributed by atoms with Crippen LogP contribution in [0.2, 0.25) is 0 Å². The highest BCUT2D eigenvalue weighted by atomic mass is 19.1. The van der Waals surface area contributed by atoms with Gasteiger partial charge in [0.2, 0.25) is 0 Å². The van der Waals surface area contributed by atoms with Crippen LogP contribution < -0.4 is 4.90 Å². The van der Waals surface area contributed by atoms with Crippen LogP contribution in [0.15, 0.2) is 97.2 Å². The maximum absolute atomic E-state index is 14.3. The van der Waals surface area contributed by atoms with Crippen LogP contribution in [-0.4, -0.2) is 4.57 Å². The number of nitrogens with one attached hydrogen (secondary N) is 1. The molecular weight excluding hydrogens is 371 g/mol. The van der Waals surface area contributed by atoms with Gasteiger partial charge in [-0.05, 0) is 30.7 Å². The molecular formula is C27H28FN2+. The highest BCUT2D eigenvalue weighted by Crippen LogP contribution is 2.10. The first-order valence-corrected chi connectivity index (χ1v) is 10.5. The highest BCUT2D eigenvalue weighted by Gasteiger charge is 2.16. The molecule has 0 spiro atoms. The van der Waals surface area contributed by atoms with E-state index in [4.69, 9.17) is 0 Å². The monoisotopic (exact) mass is 399 g/mol. The number of rotatable bonds is 8. The molecule has 0 aliphatic rings. The lowest BCUT2D eigenvalue weighted by molar-refractivity contribution is -0.941. The zero-order valence-electron chi connectivity index (χ0n) is 17.4. The molecule has 0 aliphatic heterocycles. The van der Waals surface area contributed by atoms with Crippen molar-refractivity contribution in [3.8, 4) is 0 Å². The fourth-order valence-corrected chi connectivity index (χ4v) is 3.89. The molecule has 0 fully saturated rings. The molecule has 152 valence electrons. The van der Waals surface area contributed by atoms with Gasteiger partial charge in [0.25, 0.3) is 0 Å². The molecule has 3 heteroatoms. The van der Waals surface area contributed by atoms with E-state index in [-0.39, 0.29) is 5.82 Å². The summed E-state index contributed by atoms with van der Waals surface area (Å²) in [5, 5.41) is 0. The summed E-state index contributed by atoms with van der Waals surface area (Å²) in [5.41, 5.74) is 5.85. The Morgan fingerprint density at radius 1 is 0.700 bits per heavy atom. The summed E-state index contributed by atoms with van der Waals surface area (Å²) in [6.45, 7) is 5.30. The Bertz CT molecular complexity index is 1070. The minimum atomic E-state index is -0.127. The predicted molar refractivity (Wildman–Crippen MR) is 120 cm³/mol. The van der Waals surface area contributed by atoms with E-state index in [0.717, 1.165) is 25.2 Å². The molecule has 1 N–H and O–H groups in total. The minimum absolute atomic E-state index is 0.127. The normalized spacial score (nSPS) is 12.1. The van der Waals surface area contributed by atoms with E-state index in [9.17, 15) is 4.39 Å². The van der Waals surface area contributed by atoms with Crippen LogP contribution in [0.5, 0.6) is 0 Å². The maximum Gasteiger partial charge on any atom is 0.132 e. The Balaban J connectivity index is 1.55. The number of quaternary nitrogens is 1. The lowest BCUT2D eigenvalue weighted by atomic mass is 10.1. The Morgan fingerprint density at radius 3 is 2.20 bits per heavy atom. The van der Waals surface area contributed by atoms with E-state index in [1.807, 2.05) is 18.2 Å². The second-order valence-electron chi connectivity index (χ2n) is 7.97. The number of hydrogen-bond acceptors (Lipinski definition) is 0. The predicted octanol–water partition coefficient (Wildman–Crippen LogP) is 4.77. The van der Waals surface area contributed by atoms with E-state index in [0.29, 0.717) is 6.54 Å². The van der Waals surface area contributed by atoms with Crippen molar-refractivity contribution in [2.75, 3.05) is 0 Å². The number of nitrogens with zero attached hydrogens (tertiary/aromatic N) is 1. The van der Waals surface area contributed by atoms with Crippen molar-refractivity contribution < 1.29 is 9.29 Å². The van der Waals surface area contributed by atoms with Gasteiger partial charge in [-0.1, -0.05) is 78.4 Å². The first-order chi connectivity index (χ1) is 14.7. The lowest BCUT2D eigenvalue weighted by Crippen LogP contribution is -3.08. The van der Waals surface area contributed by atoms with Gasteiger partial charge in [0.05, 0.1) is 5.69 Å². The summed E-state index contributed by atoms with van der Waals surface area (Å²) < 4.78 is 16.7. The Morgan fingerprint density at radius 2 is 1.43 bits per heavy atom. The highest BCUT2D eigenvalue weighted by molar-refractivity contribution is 5.23. The molecule has 2 nitrogen and oxygen atoms in total. The molecule has 4 aromatic rings. The topological polar surface area (TPSA) is 9.37 Å². The van der Waals surface area contributed by atoms with Gasteiger partial charge in [-0.3, -0.25) is 0 Å². The van der Waals surface area contributed by atoms with Crippen molar-refractivity contribution in [1.82, 2.24) is 4.57 Å². The molecule has 0 saturated heterocycles. The van der Waals surface area contributed by atoms with Crippen molar-refractivity contribution >= 4 is 0 Å². The molecule has 1 unspecified atom stereocenters. The molecule has 0 amide bonds. The van der Waals surface area contributed by atoms with Crippen LogP contribution in [0.3, 0.4) is 0 Å². The summed E-state index contributed by atoms with van der Waals surface area (Å²) in [7, 11) is 0. The van der Waals surface area contributed by atoms with Crippen LogP contribution >= 0.6 is 0 Å². The molecule has 0 bridgehead atoms. The molecule has 30 heavy (non-hydrogen) atoms. The second-order valence-corrected chi connectivity index (χ2v) is 7.97. The van der Waals surface area contributed by atoms with Crippen molar-refractivity contribution in [2.45, 2.75) is 33.1 Å². The SMILES string of the molecule is Cc1ccc(Cn2cccc2C[NH+](Cc2ccccc2)Cc2ccccc2F)cc1. The third kappa shape index (κ3) is 5.25. The average molecular weight is 400 g/mol. The van der Waals surface area contributed by atoms with E-state index < -0.39 is 0 Å². The first-order valence-electron chi connectivity index (χ1n) is 10.5. The van der Waals surface area contributed by atoms with Gasteiger partial charge >= 0.3 is 0 Å². The minimum Gasteiger partial charge on any atom is -0.342 e. The van der Waals surface area contributed by atoms with Gasteiger partial charge < -0.3 is 9.47 Å². The van der Waals surface area contributed by atoms with E-state index in [1.54, 1.807) is 12.1 Å². The summed E-state index contributed by atoms with van der Waals surface area (Å²) in [4.78, 5) is 1.31. The van der Waals surface area contributed by atoms with E-state index >= 15 is 0 Å². The smallest absolute Gasteiger partial charge is 0.132 e. The summed E-state index contributed by atoms with van der Waals surface area (Å²) in [6.07, 6.45) is 2.14. The molecule has 0 radical (unpaired) electrons. The largest absolute Gasteiger partial charge is 0.342 e. The van der Waals surface area contributed by atoms with Gasteiger partial charge in [-0.15, -0.1) is 0 Å². The maximum atomic E-state index is 14.3. The molecule has 3 aromatic carbocycles. The quantitative estimate of drug-likeness (QED) is 0.437. The number of aromatic nitrogens is 1. The first kappa shape index (κ1) is 20.1. The van der Waals surface area contributed by atoms with E-state index in [2.05, 4.69) is 78.4 Å². The molecule has 0 saturated carbocycles. The van der Waals surface area contributed by atoms with Gasteiger partial charge in [0.1, 0.15) is 25.5 Å². The Labute approximate surface area is 178 Å². The fraction of sp³-hybridized carbons (Fsp3) is 0.185. The van der Waals surface area contributed by atoms with Gasteiger partial charge in [-0.2, -0.15) is 0 Å². The third-order valence-electron chi connectivity index (χ3n) is 5.52. The zero-order valence-corrected chi connectivity index (χ0v) is 17.4. The summed E-state index contributed by atoms with van der Waals surface area (Å²) in [5.74, 6) is -0.127. The number of halogens is 1. The second kappa shape index (κ2) is 9.55. The van der Waals surface area contributed by atoms with Crippen LogP contribution in [0.1, 0.15) is 27.9 Å². The van der Waals surface area contributed by atoms with Crippen LogP contribution in [-0.2, 0) is 26.2 Å². The molecule has 1 heterocycles. The lowest BCUT2D eigenvalue weighted by Gasteiger charge is -2.21. The Hall–Kier alpha value is -3.17. The average Bonchev–Trinajstić information content (AvgIpc) is 3.18. The number of aryl methyl sites for hydroxylation is 1. The van der Waals surface area contributed by atoms with Crippen LogP contribution in [0.4, 0.5) is 4.39 Å². The van der Waals surface area contributed by atoms with Crippen molar-refractivity contribution in [3.05, 3.63) is 131 Å². The zero-order chi connectivity index (χ0) is 20.8. The standard InChI is InChI=1S/C27H27FN2/c1-22-13-15-24(16-14-22)19-30-17-7-11-26(30)21-29(18-23-8-3-2-4-9-23)20-25-10-5-6-12-27(25)28/h2-17H,18-21H2,1H3/p+1. The molecule has 1 atom stereocenters. The number of benzene rings is 3. The summed E-state index contributed by atoms with van der Waals surface area (Å²) >= 11 is 0. The third-order valence-corrected chi connectivity index (χ3v) is 5.52. The Kier molecular flexibility index (Phi) is 6.41. The molecule has 4 rings (SSSR count). The van der Waals surface area contributed by atoms with Crippen molar-refractivity contribution in [1.29, 1.82) is 0 Å². The van der Waals surface area contributed by atoms with Gasteiger partial charge in [0.15, 0.2) is 0 Å². The van der Waals surface area contributed by atoms with Crippen molar-refractivity contribution in [3.63, 3.8) is 0 Å². The van der Waals surface area contributed by atoms with E-state index in [1.165, 1.54) is 27.3 Å². The van der Waals surface area contributed by atoms with Gasteiger partial charge in [0, 0.05) is 23.9 Å². The van der Waals surface area contributed by atoms with Gasteiger partial charge in [-0.25, -0.2) is 4.39 Å². The number of hydrogen-bond donors (Lipinski definition) is 1. The summed E-state index contributed by atoms with van der Waals surface area (Å²) in [6, 6.07) is 30.5. The van der Waals surface area contributed by atoms with Crippen molar-refractivity contribution in [2.24, 2.45) is 0 Å². The van der Waals surface area contributed by atoms with Crippen LogP contribution in [0.25, 0.3) is 0 Å². The molecule has 1 aromatic heterocycles. The molecule has 0 aliphatic carbocycles. The fourth-order valence-electron chi connectivity index (χ4n) is 3.89. The van der Waals surface area contributed by atoms with Crippen LogP contribution in [0, 0.1) is 12.7 Å².